The number of halogens is 4. The molecule has 0 saturated heterocycles. The number of carbonyl (C=O) groups is 2. The number of carbonyl (C=O) groups excluding carboxylic acids is 1. The predicted molar refractivity (Wildman–Crippen MR) is 103 cm³/mol. The highest BCUT2D eigenvalue weighted by molar-refractivity contribution is 5.88. The normalized spacial score (nSPS) is 33.2. The van der Waals surface area contributed by atoms with E-state index in [0.717, 1.165) is 38.2 Å². The van der Waals surface area contributed by atoms with Gasteiger partial charge in [-0.05, 0) is 80.8 Å². The van der Waals surface area contributed by atoms with Gasteiger partial charge in [0.15, 0.2) is 0 Å². The lowest BCUT2D eigenvalue weighted by Gasteiger charge is -2.60. The lowest BCUT2D eigenvalue weighted by Crippen LogP contribution is -2.59. The fourth-order valence-electron chi connectivity index (χ4n) is 6.71. The maximum absolute atomic E-state index is 14.3. The number of carboxylic acids is 1. The molecule has 0 aromatic heterocycles. The summed E-state index contributed by atoms with van der Waals surface area (Å²) in [7, 11) is 0. The summed E-state index contributed by atoms with van der Waals surface area (Å²) < 4.78 is 64.1. The van der Waals surface area contributed by atoms with Crippen LogP contribution in [-0.2, 0) is 9.53 Å². The molecule has 9 heteroatoms. The zero-order valence-corrected chi connectivity index (χ0v) is 17.3. The number of rotatable bonds is 6. The first-order valence-electron chi connectivity index (χ1n) is 11.0. The molecule has 6 rings (SSSR count). The molecule has 0 heterocycles. The van der Waals surface area contributed by atoms with Crippen molar-refractivity contribution in [3.05, 3.63) is 29.1 Å². The molecule has 2 atom stereocenters. The van der Waals surface area contributed by atoms with Crippen molar-refractivity contribution in [2.45, 2.75) is 69.1 Å². The molecule has 4 bridgehead atoms. The topological polar surface area (TPSA) is 72.8 Å². The molecule has 0 aliphatic heterocycles. The van der Waals surface area contributed by atoms with Crippen molar-refractivity contribution < 1.29 is 41.7 Å². The Morgan fingerprint density at radius 2 is 1.75 bits per heavy atom. The van der Waals surface area contributed by atoms with Crippen LogP contribution in [0.4, 0.5) is 17.6 Å². The third-order valence-corrected chi connectivity index (χ3v) is 7.55. The number of hydrogen-bond donors (Lipinski definition) is 1. The predicted octanol–water partition coefficient (Wildman–Crippen LogP) is 5.22. The Kier molecular flexibility index (Phi) is 4.77. The number of hydrogen-bond acceptors (Lipinski definition) is 4. The summed E-state index contributed by atoms with van der Waals surface area (Å²) in [6.07, 6.45) is 0.304. The van der Waals surface area contributed by atoms with E-state index in [4.69, 9.17) is 9.47 Å². The Hall–Kier alpha value is -2.32. The monoisotopic (exact) mass is 456 g/mol. The van der Waals surface area contributed by atoms with Gasteiger partial charge in [-0.15, -0.1) is 0 Å². The molecule has 0 spiro atoms. The Labute approximate surface area is 182 Å². The minimum absolute atomic E-state index is 0.124. The Balaban J connectivity index is 1.38. The summed E-state index contributed by atoms with van der Waals surface area (Å²) in [6.45, 7) is 0.177. The zero-order valence-electron chi connectivity index (χ0n) is 17.3. The van der Waals surface area contributed by atoms with E-state index in [1.54, 1.807) is 0 Å². The van der Waals surface area contributed by atoms with Crippen LogP contribution in [0.1, 0.15) is 73.2 Å². The molecule has 1 aromatic rings. The van der Waals surface area contributed by atoms with Gasteiger partial charge in [0.2, 0.25) is 0 Å². The molecular weight excluding hydrogens is 432 g/mol. The van der Waals surface area contributed by atoms with E-state index in [9.17, 15) is 32.3 Å². The fourth-order valence-corrected chi connectivity index (χ4v) is 6.71. The number of ether oxygens (including phenoxy) is 2. The maximum Gasteiger partial charge on any atom is 0.490 e. The molecule has 174 valence electrons. The Morgan fingerprint density at radius 1 is 1.09 bits per heavy atom. The molecule has 5 fully saturated rings. The molecule has 1 aromatic carbocycles. The van der Waals surface area contributed by atoms with E-state index >= 15 is 0 Å². The summed E-state index contributed by atoms with van der Waals surface area (Å²) in [6, 6.07) is 2.44. The number of alkyl halides is 3. The van der Waals surface area contributed by atoms with Gasteiger partial charge in [0, 0.05) is 11.5 Å². The van der Waals surface area contributed by atoms with Crippen molar-refractivity contribution >= 4 is 11.9 Å². The summed E-state index contributed by atoms with van der Waals surface area (Å²) in [5.41, 5.74) is -1.31. The second-order valence-electron chi connectivity index (χ2n) is 10.3. The summed E-state index contributed by atoms with van der Waals surface area (Å²) >= 11 is 0. The van der Waals surface area contributed by atoms with Gasteiger partial charge in [-0.3, -0.25) is 0 Å². The molecule has 1 N–H and O–H groups in total. The first-order valence-corrected chi connectivity index (χ1v) is 11.0. The van der Waals surface area contributed by atoms with E-state index in [0.29, 0.717) is 30.6 Å². The first kappa shape index (κ1) is 21.5. The highest BCUT2D eigenvalue weighted by Gasteiger charge is 2.61. The van der Waals surface area contributed by atoms with Crippen LogP contribution in [0.15, 0.2) is 12.1 Å². The fraction of sp³-hybridized carbons (Fsp3) is 0.652. The van der Waals surface area contributed by atoms with E-state index in [1.165, 1.54) is 6.07 Å². The van der Waals surface area contributed by atoms with Crippen LogP contribution in [-0.4, -0.2) is 35.4 Å². The van der Waals surface area contributed by atoms with Gasteiger partial charge < -0.3 is 14.6 Å². The van der Waals surface area contributed by atoms with Crippen molar-refractivity contribution in [3.63, 3.8) is 0 Å². The molecule has 32 heavy (non-hydrogen) atoms. The molecule has 0 radical (unpaired) electrons. The van der Waals surface area contributed by atoms with Crippen molar-refractivity contribution in [2.24, 2.45) is 17.3 Å². The summed E-state index contributed by atoms with van der Waals surface area (Å²) in [4.78, 5) is 22.9. The molecule has 5 aliphatic carbocycles. The van der Waals surface area contributed by atoms with Crippen molar-refractivity contribution in [1.29, 1.82) is 0 Å². The number of benzene rings is 1. The van der Waals surface area contributed by atoms with Gasteiger partial charge in [0.05, 0.1) is 12.2 Å². The van der Waals surface area contributed by atoms with E-state index < -0.39 is 40.5 Å². The molecule has 5 aliphatic rings. The highest BCUT2D eigenvalue weighted by Crippen LogP contribution is 2.63. The lowest BCUT2D eigenvalue weighted by atomic mass is 9.48. The largest absolute Gasteiger partial charge is 0.493 e. The van der Waals surface area contributed by atoms with Gasteiger partial charge >= 0.3 is 18.1 Å². The number of aromatic carboxylic acids is 1. The van der Waals surface area contributed by atoms with Crippen LogP contribution in [0.3, 0.4) is 0 Å². The molecule has 2 unspecified atom stereocenters. The average molecular weight is 456 g/mol. The quantitative estimate of drug-likeness (QED) is 0.469. The Morgan fingerprint density at radius 3 is 2.31 bits per heavy atom. The van der Waals surface area contributed by atoms with Crippen LogP contribution in [0.25, 0.3) is 0 Å². The summed E-state index contributed by atoms with van der Waals surface area (Å²) in [5.74, 6) is -3.61. The first-order chi connectivity index (χ1) is 15.0. The number of carboxylic acid groups (broad SMARTS) is 1. The third kappa shape index (κ3) is 3.83. The smallest absolute Gasteiger partial charge is 0.490 e. The third-order valence-electron chi connectivity index (χ3n) is 7.55. The molecule has 5 nitrogen and oxygen atoms in total. The van der Waals surface area contributed by atoms with E-state index in [-0.39, 0.29) is 24.4 Å². The minimum Gasteiger partial charge on any atom is -0.493 e. The van der Waals surface area contributed by atoms with Crippen LogP contribution >= 0.6 is 0 Å². The lowest BCUT2D eigenvalue weighted by molar-refractivity contribution is -0.240. The van der Waals surface area contributed by atoms with Crippen LogP contribution < -0.4 is 4.74 Å². The second kappa shape index (κ2) is 7.09. The van der Waals surface area contributed by atoms with Crippen molar-refractivity contribution in [2.75, 3.05) is 6.61 Å². The van der Waals surface area contributed by atoms with Gasteiger partial charge in [-0.25, -0.2) is 14.0 Å². The summed E-state index contributed by atoms with van der Waals surface area (Å²) in [5, 5.41) is 9.22. The van der Waals surface area contributed by atoms with E-state index in [2.05, 4.69) is 0 Å². The number of esters is 1. The van der Waals surface area contributed by atoms with Crippen molar-refractivity contribution in [1.82, 2.24) is 0 Å². The molecule has 5 saturated carbocycles. The zero-order chi connectivity index (χ0) is 22.9. The minimum atomic E-state index is -5.03. The second-order valence-corrected chi connectivity index (χ2v) is 10.3. The maximum atomic E-state index is 14.3. The van der Waals surface area contributed by atoms with Crippen LogP contribution in [0, 0.1) is 23.1 Å². The average Bonchev–Trinajstić information content (AvgIpc) is 3.49. The van der Waals surface area contributed by atoms with Crippen LogP contribution in [0.2, 0.25) is 0 Å². The van der Waals surface area contributed by atoms with Gasteiger partial charge in [0.1, 0.15) is 17.2 Å². The Bertz CT molecular complexity index is 954. The molecule has 0 amide bonds. The highest BCUT2D eigenvalue weighted by atomic mass is 19.4. The van der Waals surface area contributed by atoms with E-state index in [1.807, 2.05) is 0 Å². The van der Waals surface area contributed by atoms with Gasteiger partial charge in [0.25, 0.3) is 0 Å². The standard InChI is InChI=1S/C23H24F4O5/c24-17-5-18(15(14-1-2-14)4-16(17)19(28)29)31-11-21-6-12-3-13(7-21)9-22(8-12,10-21)32-20(30)23(25,26)27/h4-5,12-14H,1-3,6-11H2,(H,28,29). The van der Waals surface area contributed by atoms with Crippen LogP contribution in [0.5, 0.6) is 5.75 Å². The SMILES string of the molecule is O=C(O)c1cc(C2CC2)c(OCC23CC4CC(C2)CC(OC(=O)C(F)(F)F)(C4)C3)cc1F. The molecular formula is C23H24F4O5. The van der Waals surface area contributed by atoms with Gasteiger partial charge in [-0.2, -0.15) is 13.2 Å². The van der Waals surface area contributed by atoms with Gasteiger partial charge in [-0.1, -0.05) is 0 Å². The van der Waals surface area contributed by atoms with Crippen molar-refractivity contribution in [3.8, 4) is 5.75 Å².